The lowest BCUT2D eigenvalue weighted by Crippen LogP contribution is -2.25. The van der Waals surface area contributed by atoms with Crippen molar-refractivity contribution in [1.82, 2.24) is 5.43 Å². The van der Waals surface area contributed by atoms with E-state index >= 15 is 0 Å². The molecule has 0 saturated heterocycles. The van der Waals surface area contributed by atoms with Gasteiger partial charge in [0.1, 0.15) is 11.5 Å². The molecule has 0 aromatic heterocycles. The van der Waals surface area contributed by atoms with Crippen LogP contribution in [0.4, 0.5) is 5.69 Å². The molecule has 0 aliphatic heterocycles. The predicted molar refractivity (Wildman–Crippen MR) is 154 cm³/mol. The fourth-order valence-corrected chi connectivity index (χ4v) is 4.56. The normalized spacial score (nSPS) is 11.8. The van der Waals surface area contributed by atoms with Crippen molar-refractivity contribution in [2.45, 2.75) is 46.5 Å². The first-order chi connectivity index (χ1) is 18.7. The molecule has 0 radical (unpaired) electrons. The van der Waals surface area contributed by atoms with Gasteiger partial charge < -0.3 is 9.47 Å². The van der Waals surface area contributed by atoms with Gasteiger partial charge in [-0.1, -0.05) is 58.4 Å². The molecule has 0 unspecified atom stereocenters. The lowest BCUT2D eigenvalue weighted by atomic mass is 9.72. The second-order valence-electron chi connectivity index (χ2n) is 11.1. The number of hydrogen-bond acceptors (Lipinski definition) is 7. The number of carbonyl (C=O) groups excluding carboxylic acids is 2. The van der Waals surface area contributed by atoms with E-state index in [-0.39, 0.29) is 34.4 Å². The molecule has 210 valence electrons. The molecule has 10 heteroatoms. The van der Waals surface area contributed by atoms with E-state index in [1.165, 1.54) is 54.2 Å². The first kappa shape index (κ1) is 30.3. The third-order valence-electron chi connectivity index (χ3n) is 5.86. The number of amides is 1. The Kier molecular flexibility index (Phi) is 9.65. The summed E-state index contributed by atoms with van der Waals surface area (Å²) in [6.45, 7) is 10.8. The topological polar surface area (TPSA) is 120 Å². The second-order valence-corrected chi connectivity index (χ2v) is 11.5. The Labute approximate surface area is 238 Å². The van der Waals surface area contributed by atoms with E-state index in [0.29, 0.717) is 16.3 Å². The standard InChI is InChI=1S/C30H32ClN3O6/c1-29(2,3)19-30(4,5)22-8-13-25(14-9-22)39-18-27(35)33-32-17-21-16-23(31)10-15-26(21)40-28(36)20-6-11-24(12-7-20)34(37)38/h6-17H,18-19H2,1-5H3,(H,33,35)/b32-17-. The van der Waals surface area contributed by atoms with Crippen LogP contribution in [0.25, 0.3) is 0 Å². The Hall–Kier alpha value is -4.24. The van der Waals surface area contributed by atoms with E-state index in [0.717, 1.165) is 6.42 Å². The van der Waals surface area contributed by atoms with Crippen molar-refractivity contribution in [1.29, 1.82) is 0 Å². The van der Waals surface area contributed by atoms with Crippen LogP contribution in [-0.2, 0) is 10.2 Å². The van der Waals surface area contributed by atoms with Crippen molar-refractivity contribution < 1.29 is 24.0 Å². The molecule has 0 saturated carbocycles. The average molecular weight is 566 g/mol. The van der Waals surface area contributed by atoms with Gasteiger partial charge in [0, 0.05) is 22.7 Å². The Morgan fingerprint density at radius 1 is 1.00 bits per heavy atom. The van der Waals surface area contributed by atoms with Gasteiger partial charge in [-0.25, -0.2) is 10.2 Å². The number of non-ortho nitro benzene ring substituents is 1. The zero-order valence-corrected chi connectivity index (χ0v) is 23.8. The van der Waals surface area contributed by atoms with Crippen LogP contribution in [0.1, 0.15) is 62.5 Å². The number of nitrogens with one attached hydrogen (secondary N) is 1. The van der Waals surface area contributed by atoms with Crippen molar-refractivity contribution in [3.05, 3.63) is 98.6 Å². The minimum atomic E-state index is -0.725. The molecule has 0 aliphatic rings. The Bertz CT molecular complexity index is 1390. The maximum absolute atomic E-state index is 12.5. The maximum atomic E-state index is 12.5. The van der Waals surface area contributed by atoms with Gasteiger partial charge in [0.25, 0.3) is 11.6 Å². The minimum Gasteiger partial charge on any atom is -0.484 e. The molecule has 3 aromatic rings. The largest absolute Gasteiger partial charge is 0.484 e. The second kappa shape index (κ2) is 12.7. The summed E-state index contributed by atoms with van der Waals surface area (Å²) in [5, 5.41) is 15.1. The summed E-state index contributed by atoms with van der Waals surface area (Å²) in [6, 6.07) is 17.2. The fraction of sp³-hybridized carbons (Fsp3) is 0.300. The van der Waals surface area contributed by atoms with Gasteiger partial charge in [-0.05, 0) is 65.3 Å². The molecule has 0 bridgehead atoms. The number of benzene rings is 3. The zero-order chi connectivity index (χ0) is 29.5. The van der Waals surface area contributed by atoms with Crippen molar-refractivity contribution >= 4 is 35.4 Å². The summed E-state index contributed by atoms with van der Waals surface area (Å²) in [4.78, 5) is 35.0. The van der Waals surface area contributed by atoms with Crippen molar-refractivity contribution in [2.75, 3.05) is 6.61 Å². The molecular formula is C30H32ClN3O6. The van der Waals surface area contributed by atoms with Gasteiger partial charge >= 0.3 is 5.97 Å². The molecule has 0 heterocycles. The Morgan fingerprint density at radius 3 is 2.25 bits per heavy atom. The van der Waals surface area contributed by atoms with Crippen LogP contribution in [0.15, 0.2) is 71.8 Å². The number of hydrogen-bond donors (Lipinski definition) is 1. The molecule has 0 aliphatic carbocycles. The molecule has 0 fully saturated rings. The molecule has 0 spiro atoms. The maximum Gasteiger partial charge on any atom is 0.343 e. The van der Waals surface area contributed by atoms with Crippen LogP contribution in [0.2, 0.25) is 5.02 Å². The van der Waals surface area contributed by atoms with Gasteiger partial charge in [-0.3, -0.25) is 14.9 Å². The van der Waals surface area contributed by atoms with Crippen LogP contribution < -0.4 is 14.9 Å². The molecule has 3 rings (SSSR count). The van der Waals surface area contributed by atoms with Crippen molar-refractivity contribution in [2.24, 2.45) is 10.5 Å². The number of halogens is 1. The predicted octanol–water partition coefficient (Wildman–Crippen LogP) is 6.71. The summed E-state index contributed by atoms with van der Waals surface area (Å²) < 4.78 is 11.0. The molecular weight excluding hydrogens is 534 g/mol. The number of esters is 1. The molecule has 3 aromatic carbocycles. The number of rotatable bonds is 10. The van der Waals surface area contributed by atoms with E-state index in [9.17, 15) is 19.7 Å². The molecule has 1 N–H and O–H groups in total. The third kappa shape index (κ3) is 8.91. The third-order valence-corrected chi connectivity index (χ3v) is 6.09. The van der Waals surface area contributed by atoms with E-state index in [4.69, 9.17) is 21.1 Å². The zero-order valence-electron chi connectivity index (χ0n) is 23.1. The molecule has 40 heavy (non-hydrogen) atoms. The number of nitro benzene ring substituents is 1. The van der Waals surface area contributed by atoms with Crippen molar-refractivity contribution in [3.8, 4) is 11.5 Å². The molecule has 9 nitrogen and oxygen atoms in total. The van der Waals surface area contributed by atoms with Crippen LogP contribution in [0, 0.1) is 15.5 Å². The number of nitro groups is 1. The summed E-state index contributed by atoms with van der Waals surface area (Å²) in [6.07, 6.45) is 2.31. The van der Waals surface area contributed by atoms with E-state index in [1.54, 1.807) is 0 Å². The number of carbonyl (C=O) groups is 2. The van der Waals surface area contributed by atoms with Gasteiger partial charge in [0.2, 0.25) is 0 Å². The van der Waals surface area contributed by atoms with Gasteiger partial charge in [0.05, 0.1) is 16.7 Å². The number of hydrazone groups is 1. The summed E-state index contributed by atoms with van der Waals surface area (Å²) in [5.41, 5.74) is 4.06. The fourth-order valence-electron chi connectivity index (χ4n) is 4.38. The first-order valence-electron chi connectivity index (χ1n) is 12.5. The van der Waals surface area contributed by atoms with E-state index < -0.39 is 16.8 Å². The van der Waals surface area contributed by atoms with Crippen molar-refractivity contribution in [3.63, 3.8) is 0 Å². The van der Waals surface area contributed by atoms with Crippen LogP contribution in [-0.4, -0.2) is 29.6 Å². The molecule has 1 amide bonds. The Morgan fingerprint density at radius 2 is 1.65 bits per heavy atom. The van der Waals surface area contributed by atoms with Crippen LogP contribution in [0.3, 0.4) is 0 Å². The van der Waals surface area contributed by atoms with Gasteiger partial charge in [-0.15, -0.1) is 0 Å². The summed E-state index contributed by atoms with van der Waals surface area (Å²) in [5.74, 6) is -0.516. The monoisotopic (exact) mass is 565 g/mol. The van der Waals surface area contributed by atoms with Crippen LogP contribution in [0.5, 0.6) is 11.5 Å². The summed E-state index contributed by atoms with van der Waals surface area (Å²) >= 11 is 6.07. The molecule has 0 atom stereocenters. The number of ether oxygens (including phenoxy) is 2. The smallest absolute Gasteiger partial charge is 0.343 e. The SMILES string of the molecule is CC(C)(C)CC(C)(C)c1ccc(OCC(=O)N/N=C\c2cc(Cl)ccc2OC(=O)c2ccc([N+](=O)[O-])cc2)cc1. The minimum absolute atomic E-state index is 0.00175. The highest BCUT2D eigenvalue weighted by molar-refractivity contribution is 6.31. The van der Waals surface area contributed by atoms with Crippen LogP contribution >= 0.6 is 11.6 Å². The summed E-state index contributed by atoms with van der Waals surface area (Å²) in [7, 11) is 0. The highest BCUT2D eigenvalue weighted by Crippen LogP contribution is 2.36. The lowest BCUT2D eigenvalue weighted by molar-refractivity contribution is -0.384. The van der Waals surface area contributed by atoms with Gasteiger partial charge in [0.15, 0.2) is 6.61 Å². The lowest BCUT2D eigenvalue weighted by Gasteiger charge is -2.33. The van der Waals surface area contributed by atoms with Gasteiger partial charge in [-0.2, -0.15) is 5.10 Å². The Balaban J connectivity index is 1.57. The van der Waals surface area contributed by atoms with E-state index in [1.807, 2.05) is 24.3 Å². The first-order valence-corrected chi connectivity index (χ1v) is 12.9. The quantitative estimate of drug-likeness (QED) is 0.0958. The average Bonchev–Trinajstić information content (AvgIpc) is 2.88. The van der Waals surface area contributed by atoms with E-state index in [2.05, 4.69) is 45.1 Å². The highest BCUT2D eigenvalue weighted by atomic mass is 35.5. The number of nitrogens with zero attached hydrogens (tertiary/aromatic N) is 2. The highest BCUT2D eigenvalue weighted by Gasteiger charge is 2.27.